The van der Waals surface area contributed by atoms with Gasteiger partial charge in [-0.2, -0.15) is 0 Å². The Kier molecular flexibility index (Phi) is 7.65. The molecule has 0 heterocycles. The van der Waals surface area contributed by atoms with E-state index >= 15 is 0 Å². The van der Waals surface area contributed by atoms with Crippen molar-refractivity contribution < 1.29 is 13.6 Å². The van der Waals surface area contributed by atoms with E-state index in [1.165, 1.54) is 0 Å². The fraction of sp³-hybridized carbons (Fsp3) is 0.909. The zero-order valence-electron chi connectivity index (χ0n) is 10.1. The maximum atomic E-state index is 13.2. The highest BCUT2D eigenvalue weighted by atomic mass is 28.4. The minimum Gasteiger partial charge on any atom is -0.466 e. The first-order valence-corrected chi connectivity index (χ1v) is 8.89. The third-order valence-electron chi connectivity index (χ3n) is 2.16. The van der Waals surface area contributed by atoms with Gasteiger partial charge in [0.05, 0.1) is 6.61 Å². The van der Waals surface area contributed by atoms with Gasteiger partial charge in [-0.15, -0.1) is 0 Å². The Labute approximate surface area is 93.4 Å². The van der Waals surface area contributed by atoms with Crippen molar-refractivity contribution in [2.45, 2.75) is 58.2 Å². The van der Waals surface area contributed by atoms with Gasteiger partial charge in [-0.05, 0) is 32.0 Å². The summed E-state index contributed by atoms with van der Waals surface area (Å²) in [5, 5.41) is 0. The molecular formula is C11H23FO2Si. The van der Waals surface area contributed by atoms with Crippen molar-refractivity contribution in [1.29, 1.82) is 0 Å². The summed E-state index contributed by atoms with van der Waals surface area (Å²) >= 11 is 0. The van der Waals surface area contributed by atoms with Crippen molar-refractivity contribution in [1.82, 2.24) is 0 Å². The Hall–Kier alpha value is -0.383. The number of unbranched alkanes of at least 4 members (excludes halogenated alkanes) is 2. The van der Waals surface area contributed by atoms with Crippen LogP contribution >= 0.6 is 0 Å². The Morgan fingerprint density at radius 3 is 2.47 bits per heavy atom. The molecule has 0 aliphatic carbocycles. The summed E-state index contributed by atoms with van der Waals surface area (Å²) in [5.74, 6) is -0.177. The van der Waals surface area contributed by atoms with Crippen molar-refractivity contribution >= 4 is 14.4 Å². The zero-order chi connectivity index (χ0) is 11.7. The highest BCUT2D eigenvalue weighted by molar-refractivity contribution is 6.70. The van der Waals surface area contributed by atoms with Crippen LogP contribution in [0.2, 0.25) is 19.1 Å². The number of halogens is 1. The summed E-state index contributed by atoms with van der Waals surface area (Å²) in [4.78, 5) is 11.2. The van der Waals surface area contributed by atoms with E-state index in [4.69, 9.17) is 4.74 Å². The van der Waals surface area contributed by atoms with E-state index < -0.39 is 8.41 Å². The predicted molar refractivity (Wildman–Crippen MR) is 63.1 cm³/mol. The normalized spacial score (nSPS) is 11.5. The second-order valence-electron chi connectivity index (χ2n) is 4.50. The second kappa shape index (κ2) is 7.85. The third kappa shape index (κ3) is 11.5. The predicted octanol–water partition coefficient (Wildman–Crippen LogP) is 3.67. The Bertz CT molecular complexity index is 178. The molecule has 4 heteroatoms. The molecule has 0 saturated carbocycles. The van der Waals surface area contributed by atoms with Gasteiger partial charge >= 0.3 is 5.97 Å². The Morgan fingerprint density at radius 2 is 1.93 bits per heavy atom. The standard InChI is InChI=1S/C11H23FO2Si/c1-4-5-6-9-14-11(13)8-7-10-15(2,3)12/h4-10H2,1-3H3. The maximum Gasteiger partial charge on any atom is 0.305 e. The van der Waals surface area contributed by atoms with Crippen molar-refractivity contribution in [2.75, 3.05) is 6.61 Å². The van der Waals surface area contributed by atoms with Crippen LogP contribution < -0.4 is 0 Å². The number of hydrogen-bond donors (Lipinski definition) is 0. The van der Waals surface area contributed by atoms with Gasteiger partial charge in [0.25, 0.3) is 0 Å². The molecule has 0 aromatic carbocycles. The summed E-state index contributed by atoms with van der Waals surface area (Å²) in [5.41, 5.74) is 0. The van der Waals surface area contributed by atoms with Gasteiger partial charge in [0.1, 0.15) is 0 Å². The van der Waals surface area contributed by atoms with Crippen molar-refractivity contribution in [3.63, 3.8) is 0 Å². The quantitative estimate of drug-likeness (QED) is 0.277. The lowest BCUT2D eigenvalue weighted by molar-refractivity contribution is -0.143. The minimum atomic E-state index is -2.48. The van der Waals surface area contributed by atoms with Crippen LogP contribution in [0.25, 0.3) is 0 Å². The number of carbonyl (C=O) groups is 1. The molecule has 2 nitrogen and oxygen atoms in total. The lowest BCUT2D eigenvalue weighted by Crippen LogP contribution is -2.18. The number of carbonyl (C=O) groups excluding carboxylic acids is 1. The topological polar surface area (TPSA) is 26.3 Å². The molecule has 0 unspecified atom stereocenters. The van der Waals surface area contributed by atoms with E-state index in [2.05, 4.69) is 6.92 Å². The van der Waals surface area contributed by atoms with Crippen LogP contribution in [-0.4, -0.2) is 21.0 Å². The lowest BCUT2D eigenvalue weighted by Gasteiger charge is -2.09. The summed E-state index contributed by atoms with van der Waals surface area (Å²) in [6.45, 7) is 5.96. The molecule has 0 fully saturated rings. The van der Waals surface area contributed by atoms with E-state index in [0.717, 1.165) is 19.3 Å². The highest BCUT2D eigenvalue weighted by Gasteiger charge is 2.19. The average Bonchev–Trinajstić information content (AvgIpc) is 2.10. The van der Waals surface area contributed by atoms with Crippen LogP contribution in [0, 0.1) is 0 Å². The van der Waals surface area contributed by atoms with E-state index in [1.54, 1.807) is 13.1 Å². The summed E-state index contributed by atoms with van der Waals surface area (Å²) in [6, 6.07) is 0.553. The fourth-order valence-electron chi connectivity index (χ4n) is 1.26. The van der Waals surface area contributed by atoms with Gasteiger partial charge in [0.15, 0.2) is 0 Å². The van der Waals surface area contributed by atoms with Gasteiger partial charge in [-0.25, -0.2) is 0 Å². The van der Waals surface area contributed by atoms with Crippen molar-refractivity contribution in [3.05, 3.63) is 0 Å². The van der Waals surface area contributed by atoms with E-state index in [1.807, 2.05) is 0 Å². The smallest absolute Gasteiger partial charge is 0.305 e. The number of esters is 1. The van der Waals surface area contributed by atoms with Gasteiger partial charge in [-0.1, -0.05) is 19.8 Å². The second-order valence-corrected chi connectivity index (χ2v) is 8.44. The average molecular weight is 234 g/mol. The molecule has 0 atom stereocenters. The monoisotopic (exact) mass is 234 g/mol. The molecule has 0 aromatic rings. The molecule has 0 amide bonds. The Balaban J connectivity index is 3.34. The number of rotatable bonds is 8. The van der Waals surface area contributed by atoms with E-state index in [9.17, 15) is 8.90 Å². The lowest BCUT2D eigenvalue weighted by atomic mass is 10.3. The number of ether oxygens (including phenoxy) is 1. The molecule has 0 aliphatic rings. The van der Waals surface area contributed by atoms with Crippen LogP contribution in [0.15, 0.2) is 0 Å². The Morgan fingerprint density at radius 1 is 1.27 bits per heavy atom. The molecule has 0 rings (SSSR count). The molecule has 0 radical (unpaired) electrons. The van der Waals surface area contributed by atoms with Gasteiger partial charge < -0.3 is 8.84 Å². The number of hydrogen-bond acceptors (Lipinski definition) is 2. The maximum absolute atomic E-state index is 13.2. The first-order chi connectivity index (χ1) is 6.95. The molecule has 90 valence electrons. The SMILES string of the molecule is CCCCCOC(=O)CCC[Si](C)(C)F. The van der Waals surface area contributed by atoms with Crippen LogP contribution in [-0.2, 0) is 9.53 Å². The van der Waals surface area contributed by atoms with Crippen LogP contribution in [0.4, 0.5) is 4.11 Å². The first-order valence-electron chi connectivity index (χ1n) is 5.80. The summed E-state index contributed by atoms with van der Waals surface area (Å²) in [6.07, 6.45) is 4.15. The molecule has 0 aromatic heterocycles. The molecular weight excluding hydrogens is 211 g/mol. The minimum absolute atomic E-state index is 0.177. The molecule has 0 N–H and O–H groups in total. The van der Waals surface area contributed by atoms with Gasteiger partial charge in [-0.3, -0.25) is 4.79 Å². The van der Waals surface area contributed by atoms with Crippen LogP contribution in [0.1, 0.15) is 39.0 Å². The van der Waals surface area contributed by atoms with E-state index in [0.29, 0.717) is 25.5 Å². The largest absolute Gasteiger partial charge is 0.466 e. The van der Waals surface area contributed by atoms with Crippen LogP contribution in [0.5, 0.6) is 0 Å². The highest BCUT2D eigenvalue weighted by Crippen LogP contribution is 2.14. The van der Waals surface area contributed by atoms with Gasteiger partial charge in [0.2, 0.25) is 8.41 Å². The first kappa shape index (κ1) is 14.6. The van der Waals surface area contributed by atoms with Gasteiger partial charge in [0, 0.05) is 6.42 Å². The molecule has 0 aliphatic heterocycles. The fourth-order valence-corrected chi connectivity index (χ4v) is 2.28. The third-order valence-corrected chi connectivity index (χ3v) is 3.71. The summed E-state index contributed by atoms with van der Waals surface area (Å²) in [7, 11) is -2.48. The zero-order valence-corrected chi connectivity index (χ0v) is 11.1. The van der Waals surface area contributed by atoms with Crippen LogP contribution in [0.3, 0.4) is 0 Å². The van der Waals surface area contributed by atoms with Crippen molar-refractivity contribution in [2.24, 2.45) is 0 Å². The summed E-state index contributed by atoms with van der Waals surface area (Å²) < 4.78 is 18.2. The van der Waals surface area contributed by atoms with Crippen molar-refractivity contribution in [3.8, 4) is 0 Å². The molecule has 15 heavy (non-hydrogen) atoms. The molecule has 0 spiro atoms. The molecule has 0 bridgehead atoms. The molecule has 0 saturated heterocycles. The van der Waals surface area contributed by atoms with E-state index in [-0.39, 0.29) is 5.97 Å².